The third-order valence-electron chi connectivity index (χ3n) is 6.85. The van der Waals surface area contributed by atoms with Crippen LogP contribution in [-0.2, 0) is 12.7 Å². The third-order valence-corrected chi connectivity index (χ3v) is 6.85. The Morgan fingerprint density at radius 2 is 1.87 bits per heavy atom. The van der Waals surface area contributed by atoms with Crippen LogP contribution in [0.4, 0.5) is 23.5 Å². The zero-order valence-electron chi connectivity index (χ0n) is 16.7. The number of nitrogens with zero attached hydrogens (tertiary/aromatic N) is 5. The van der Waals surface area contributed by atoms with Crippen molar-refractivity contribution in [2.75, 3.05) is 18.4 Å². The maximum absolute atomic E-state index is 14.6. The van der Waals surface area contributed by atoms with E-state index in [2.05, 4.69) is 21.6 Å². The zero-order valence-corrected chi connectivity index (χ0v) is 16.7. The quantitative estimate of drug-likeness (QED) is 0.585. The average Bonchev–Trinajstić information content (AvgIpc) is 3.23. The van der Waals surface area contributed by atoms with Gasteiger partial charge >= 0.3 is 6.18 Å². The Labute approximate surface area is 176 Å². The summed E-state index contributed by atoms with van der Waals surface area (Å²) in [5, 5.41) is 17.2. The number of anilines is 1. The van der Waals surface area contributed by atoms with Crippen LogP contribution in [0.3, 0.4) is 0 Å². The van der Waals surface area contributed by atoms with Crippen molar-refractivity contribution < 1.29 is 17.6 Å². The van der Waals surface area contributed by atoms with Crippen LogP contribution >= 0.6 is 0 Å². The van der Waals surface area contributed by atoms with Gasteiger partial charge in [0.2, 0.25) is 5.95 Å². The number of nitrogens with one attached hydrogen (secondary N) is 1. The molecule has 6 nitrogen and oxygen atoms in total. The summed E-state index contributed by atoms with van der Waals surface area (Å²) in [5.74, 6) is 0.448. The van der Waals surface area contributed by atoms with Gasteiger partial charge in [0.25, 0.3) is 0 Å². The lowest BCUT2D eigenvalue weighted by Crippen LogP contribution is -2.46. The first kappa shape index (κ1) is 20.1. The Morgan fingerprint density at radius 1 is 1.13 bits per heavy atom. The summed E-state index contributed by atoms with van der Waals surface area (Å²) in [5.41, 5.74) is -0.775. The summed E-state index contributed by atoms with van der Waals surface area (Å²) in [6, 6.07) is 2.89. The van der Waals surface area contributed by atoms with Crippen molar-refractivity contribution in [3.8, 4) is 6.19 Å². The summed E-state index contributed by atoms with van der Waals surface area (Å²) in [6.45, 7) is 2.08. The van der Waals surface area contributed by atoms with E-state index >= 15 is 0 Å². The van der Waals surface area contributed by atoms with E-state index < -0.39 is 23.5 Å². The normalized spacial score (nSPS) is 27.6. The maximum Gasteiger partial charge on any atom is 0.416 e. The number of halogens is 4. The fourth-order valence-corrected chi connectivity index (χ4v) is 5.38. The summed E-state index contributed by atoms with van der Waals surface area (Å²) < 4.78 is 55.1. The van der Waals surface area contributed by atoms with Crippen LogP contribution in [0.25, 0.3) is 0 Å². The molecular formula is C21H22F4N6. The molecule has 2 bridgehead atoms. The zero-order chi connectivity index (χ0) is 21.8. The second-order valence-electron chi connectivity index (χ2n) is 8.72. The van der Waals surface area contributed by atoms with Crippen LogP contribution in [0, 0.1) is 29.1 Å². The van der Waals surface area contributed by atoms with Crippen LogP contribution in [0.15, 0.2) is 18.2 Å². The van der Waals surface area contributed by atoms with Gasteiger partial charge in [0, 0.05) is 31.6 Å². The van der Waals surface area contributed by atoms with Gasteiger partial charge in [-0.1, -0.05) is 6.07 Å². The van der Waals surface area contributed by atoms with Gasteiger partial charge in [-0.15, -0.1) is 5.10 Å². The highest BCUT2D eigenvalue weighted by atomic mass is 19.4. The van der Waals surface area contributed by atoms with E-state index in [9.17, 15) is 22.8 Å². The second-order valence-corrected chi connectivity index (χ2v) is 8.72. The van der Waals surface area contributed by atoms with E-state index in [0.717, 1.165) is 38.4 Å². The number of hydrogen-bond acceptors (Lipinski definition) is 5. The number of aromatic nitrogens is 3. The minimum Gasteiger partial charge on any atom is -0.350 e. The number of piperidine rings is 1. The van der Waals surface area contributed by atoms with Gasteiger partial charge < -0.3 is 10.2 Å². The largest absolute Gasteiger partial charge is 0.416 e. The van der Waals surface area contributed by atoms with Gasteiger partial charge in [0.15, 0.2) is 6.19 Å². The standard InChI is InChI=1S/C21H22F4N6/c22-17-8-14(21(23,24)25)5-6-15(17)16-2-1-7-31-19(16)28-20(29-31)27-18-12-3-4-13(18)10-30(9-12)11-26/h5-6,8,12-13,16,18H,1-4,7,9-10H2,(H,27,29)/t12-,13+,16?,18?. The SMILES string of the molecule is N#CN1C[C@H]2CC[C@@H](C1)C2Nc1nc2n(n1)CCCC2c1ccc(C(F)(F)F)cc1F. The number of rotatable bonds is 3. The Morgan fingerprint density at radius 3 is 2.52 bits per heavy atom. The van der Waals surface area contributed by atoms with Gasteiger partial charge in [0.1, 0.15) is 11.6 Å². The van der Waals surface area contributed by atoms with Crippen molar-refractivity contribution in [2.45, 2.75) is 50.4 Å². The summed E-state index contributed by atoms with van der Waals surface area (Å²) >= 11 is 0. The Balaban J connectivity index is 1.39. The average molecular weight is 434 g/mol. The lowest BCUT2D eigenvalue weighted by molar-refractivity contribution is -0.137. The number of fused-ring (bicyclic) bond motifs is 3. The van der Waals surface area contributed by atoms with Gasteiger partial charge in [-0.25, -0.2) is 9.07 Å². The number of benzene rings is 1. The summed E-state index contributed by atoms with van der Waals surface area (Å²) in [7, 11) is 0. The summed E-state index contributed by atoms with van der Waals surface area (Å²) in [4.78, 5) is 6.43. The van der Waals surface area contributed by atoms with Crippen LogP contribution in [0.5, 0.6) is 0 Å². The molecule has 3 heterocycles. The van der Waals surface area contributed by atoms with E-state index in [0.29, 0.717) is 42.6 Å². The van der Waals surface area contributed by atoms with E-state index in [-0.39, 0.29) is 11.6 Å². The first-order valence-electron chi connectivity index (χ1n) is 10.6. The fourth-order valence-electron chi connectivity index (χ4n) is 5.38. The third kappa shape index (κ3) is 3.60. The molecule has 0 radical (unpaired) electrons. The monoisotopic (exact) mass is 434 g/mol. The number of hydrogen-bond donors (Lipinski definition) is 1. The molecule has 164 valence electrons. The first-order chi connectivity index (χ1) is 14.8. The van der Waals surface area contributed by atoms with Crippen molar-refractivity contribution in [3.63, 3.8) is 0 Å². The predicted molar refractivity (Wildman–Crippen MR) is 103 cm³/mol. The molecule has 1 N–H and O–H groups in total. The van der Waals surface area contributed by atoms with E-state index in [1.54, 1.807) is 9.58 Å². The van der Waals surface area contributed by atoms with Crippen molar-refractivity contribution in [1.29, 1.82) is 5.26 Å². The molecule has 2 unspecified atom stereocenters. The molecule has 1 aliphatic carbocycles. The predicted octanol–water partition coefficient (Wildman–Crippen LogP) is 3.97. The van der Waals surface area contributed by atoms with Gasteiger partial charge in [-0.3, -0.25) is 0 Å². The van der Waals surface area contributed by atoms with E-state index in [4.69, 9.17) is 0 Å². The van der Waals surface area contributed by atoms with Gasteiger partial charge in [0.05, 0.1) is 5.56 Å². The minimum atomic E-state index is -4.58. The Hall–Kier alpha value is -2.83. The number of alkyl halides is 3. The van der Waals surface area contributed by atoms with Gasteiger partial charge in [-0.05, 0) is 55.2 Å². The van der Waals surface area contributed by atoms with E-state index in [1.165, 1.54) is 6.07 Å². The van der Waals surface area contributed by atoms with Crippen LogP contribution in [0.1, 0.15) is 48.6 Å². The highest BCUT2D eigenvalue weighted by Crippen LogP contribution is 2.40. The van der Waals surface area contributed by atoms with Crippen LogP contribution in [-0.4, -0.2) is 38.8 Å². The van der Waals surface area contributed by atoms with Crippen molar-refractivity contribution in [3.05, 3.63) is 41.0 Å². The molecule has 2 aromatic rings. The van der Waals surface area contributed by atoms with Crippen molar-refractivity contribution >= 4 is 5.95 Å². The molecule has 4 atom stereocenters. The molecule has 0 amide bonds. The molecule has 3 aliphatic rings. The molecular weight excluding hydrogens is 412 g/mol. The second kappa shape index (κ2) is 7.39. The molecule has 1 saturated heterocycles. The molecule has 1 aromatic heterocycles. The first-order valence-corrected chi connectivity index (χ1v) is 10.6. The lowest BCUT2D eigenvalue weighted by Gasteiger charge is -2.35. The molecule has 0 spiro atoms. The smallest absolute Gasteiger partial charge is 0.350 e. The van der Waals surface area contributed by atoms with Crippen molar-refractivity contribution in [2.24, 2.45) is 11.8 Å². The van der Waals surface area contributed by atoms with Crippen LogP contribution < -0.4 is 5.32 Å². The molecule has 1 aromatic carbocycles. The van der Waals surface area contributed by atoms with Crippen LogP contribution in [0.2, 0.25) is 0 Å². The fraction of sp³-hybridized carbons (Fsp3) is 0.571. The topological polar surface area (TPSA) is 69.8 Å². The highest BCUT2D eigenvalue weighted by Gasteiger charge is 2.42. The lowest BCUT2D eigenvalue weighted by atomic mass is 9.90. The van der Waals surface area contributed by atoms with Crippen molar-refractivity contribution in [1.82, 2.24) is 19.7 Å². The molecule has 10 heteroatoms. The Kier molecular flexibility index (Phi) is 4.79. The number of aryl methyl sites for hydroxylation is 1. The van der Waals surface area contributed by atoms with E-state index in [1.807, 2.05) is 0 Å². The highest BCUT2D eigenvalue weighted by molar-refractivity contribution is 5.36. The van der Waals surface area contributed by atoms with Gasteiger partial charge in [-0.2, -0.15) is 23.4 Å². The molecule has 1 saturated carbocycles. The number of likely N-dealkylation sites (tertiary alicyclic amines) is 1. The Bertz CT molecular complexity index is 1010. The maximum atomic E-state index is 14.6. The molecule has 5 rings (SSSR count). The number of nitriles is 1. The molecule has 2 aliphatic heterocycles. The molecule has 31 heavy (non-hydrogen) atoms. The summed E-state index contributed by atoms with van der Waals surface area (Å²) in [6.07, 6.45) is 1.10. The minimum absolute atomic E-state index is 0.190. The molecule has 2 fully saturated rings.